The molecule has 104 valence electrons. The molecule has 0 atom stereocenters. The van der Waals surface area contributed by atoms with E-state index in [0.29, 0.717) is 25.9 Å². The molecular formula is C11H15N3O5. The zero-order chi connectivity index (χ0) is 14.0. The van der Waals surface area contributed by atoms with Crippen LogP contribution >= 0.6 is 0 Å². The standard InChI is InChI=1S/C11H15N3O5/c15-8-5-14(6-9(16)12-8)11(19)13-3-1-7(2-4-13)10(17)18/h7H,1-6H2,(H,17,18)(H,12,15,16). The summed E-state index contributed by atoms with van der Waals surface area (Å²) in [6, 6.07) is -0.382. The zero-order valence-corrected chi connectivity index (χ0v) is 10.3. The molecular weight excluding hydrogens is 254 g/mol. The van der Waals surface area contributed by atoms with E-state index in [1.807, 2.05) is 0 Å². The molecule has 0 radical (unpaired) electrons. The van der Waals surface area contributed by atoms with Crippen LogP contribution in [-0.4, -0.2) is 64.9 Å². The first-order valence-electron chi connectivity index (χ1n) is 6.06. The summed E-state index contributed by atoms with van der Waals surface area (Å²) in [5.41, 5.74) is 0. The van der Waals surface area contributed by atoms with E-state index in [4.69, 9.17) is 5.11 Å². The van der Waals surface area contributed by atoms with E-state index < -0.39 is 23.7 Å². The van der Waals surface area contributed by atoms with Gasteiger partial charge in [0.15, 0.2) is 0 Å². The van der Waals surface area contributed by atoms with Crippen molar-refractivity contribution in [1.82, 2.24) is 15.1 Å². The summed E-state index contributed by atoms with van der Waals surface area (Å²) in [5, 5.41) is 11.0. The highest BCUT2D eigenvalue weighted by Gasteiger charge is 2.32. The van der Waals surface area contributed by atoms with Gasteiger partial charge in [-0.2, -0.15) is 0 Å². The SMILES string of the molecule is O=C1CN(C(=O)N2CCC(C(=O)O)CC2)CC(=O)N1. The average Bonchev–Trinajstić information content (AvgIpc) is 2.37. The number of likely N-dealkylation sites (tertiary alicyclic amines) is 1. The predicted octanol–water partition coefficient (Wildman–Crippen LogP) is -1.14. The second-order valence-corrected chi connectivity index (χ2v) is 4.71. The fourth-order valence-corrected chi connectivity index (χ4v) is 2.29. The van der Waals surface area contributed by atoms with Crippen LogP contribution in [0, 0.1) is 5.92 Å². The number of imide groups is 1. The molecule has 0 aromatic heterocycles. The number of nitrogens with zero attached hydrogens (tertiary/aromatic N) is 2. The lowest BCUT2D eigenvalue weighted by Crippen LogP contribution is -2.57. The molecule has 0 aromatic carbocycles. The van der Waals surface area contributed by atoms with Crippen molar-refractivity contribution in [2.75, 3.05) is 26.2 Å². The molecule has 0 spiro atoms. The van der Waals surface area contributed by atoms with Gasteiger partial charge in [-0.3, -0.25) is 19.7 Å². The number of hydrogen-bond donors (Lipinski definition) is 2. The van der Waals surface area contributed by atoms with E-state index in [1.165, 1.54) is 9.80 Å². The summed E-state index contributed by atoms with van der Waals surface area (Å²) >= 11 is 0. The topological polar surface area (TPSA) is 107 Å². The molecule has 2 fully saturated rings. The van der Waals surface area contributed by atoms with Gasteiger partial charge in [0.2, 0.25) is 11.8 Å². The quantitative estimate of drug-likeness (QED) is 0.585. The van der Waals surface area contributed by atoms with Gasteiger partial charge < -0.3 is 14.9 Å². The smallest absolute Gasteiger partial charge is 0.320 e. The lowest BCUT2D eigenvalue weighted by Gasteiger charge is -2.35. The molecule has 2 heterocycles. The van der Waals surface area contributed by atoms with Crippen molar-refractivity contribution in [3.63, 3.8) is 0 Å². The van der Waals surface area contributed by atoms with Crippen molar-refractivity contribution in [3.05, 3.63) is 0 Å². The van der Waals surface area contributed by atoms with Gasteiger partial charge in [0.05, 0.1) is 5.92 Å². The number of urea groups is 1. The van der Waals surface area contributed by atoms with Gasteiger partial charge in [-0.25, -0.2) is 4.79 Å². The number of rotatable bonds is 1. The maximum atomic E-state index is 12.1. The van der Waals surface area contributed by atoms with E-state index in [0.717, 1.165) is 0 Å². The molecule has 8 nitrogen and oxygen atoms in total. The number of hydrogen-bond acceptors (Lipinski definition) is 4. The maximum absolute atomic E-state index is 12.1. The third kappa shape index (κ3) is 3.01. The van der Waals surface area contributed by atoms with Crippen LogP contribution in [-0.2, 0) is 14.4 Å². The van der Waals surface area contributed by atoms with Crippen molar-refractivity contribution >= 4 is 23.8 Å². The number of carboxylic acids is 1. The molecule has 2 saturated heterocycles. The van der Waals surface area contributed by atoms with E-state index in [1.54, 1.807) is 0 Å². The molecule has 0 saturated carbocycles. The predicted molar refractivity (Wildman–Crippen MR) is 62.1 cm³/mol. The highest BCUT2D eigenvalue weighted by atomic mass is 16.4. The molecule has 2 rings (SSSR count). The lowest BCUT2D eigenvalue weighted by atomic mass is 9.97. The molecule has 0 bridgehead atoms. The summed E-state index contributed by atoms with van der Waals surface area (Å²) in [7, 11) is 0. The Hall–Kier alpha value is -2.12. The number of nitrogens with one attached hydrogen (secondary N) is 1. The monoisotopic (exact) mass is 269 g/mol. The highest BCUT2D eigenvalue weighted by molar-refractivity contribution is 6.02. The first-order chi connectivity index (χ1) is 8.97. The molecule has 2 aliphatic rings. The number of piperidine rings is 1. The van der Waals surface area contributed by atoms with Crippen molar-refractivity contribution in [1.29, 1.82) is 0 Å². The van der Waals surface area contributed by atoms with Crippen LogP contribution in [0.2, 0.25) is 0 Å². The molecule has 0 unspecified atom stereocenters. The Morgan fingerprint density at radius 1 is 1.05 bits per heavy atom. The van der Waals surface area contributed by atoms with E-state index in [9.17, 15) is 19.2 Å². The van der Waals surface area contributed by atoms with E-state index >= 15 is 0 Å². The third-order valence-corrected chi connectivity index (χ3v) is 3.33. The normalized spacial score (nSPS) is 21.3. The Balaban J connectivity index is 1.92. The first kappa shape index (κ1) is 13.3. The fraction of sp³-hybridized carbons (Fsp3) is 0.636. The Kier molecular flexibility index (Phi) is 3.68. The summed E-state index contributed by atoms with van der Waals surface area (Å²) < 4.78 is 0. The summed E-state index contributed by atoms with van der Waals surface area (Å²) in [6.07, 6.45) is 0.796. The van der Waals surface area contributed by atoms with Gasteiger partial charge in [0.1, 0.15) is 13.1 Å². The second-order valence-electron chi connectivity index (χ2n) is 4.71. The largest absolute Gasteiger partial charge is 0.481 e. The van der Waals surface area contributed by atoms with Crippen molar-refractivity contribution in [2.24, 2.45) is 5.92 Å². The number of aliphatic carboxylic acids is 1. The summed E-state index contributed by atoms with van der Waals surface area (Å²) in [6.45, 7) is 0.400. The van der Waals surface area contributed by atoms with Crippen LogP contribution in [0.3, 0.4) is 0 Å². The Labute approximate surface area is 109 Å². The lowest BCUT2D eigenvalue weighted by molar-refractivity contribution is -0.143. The minimum Gasteiger partial charge on any atom is -0.481 e. The van der Waals surface area contributed by atoms with Gasteiger partial charge in [0, 0.05) is 13.1 Å². The van der Waals surface area contributed by atoms with Crippen LogP contribution in [0.25, 0.3) is 0 Å². The Bertz CT molecular complexity index is 412. The first-order valence-corrected chi connectivity index (χ1v) is 6.06. The number of piperazine rings is 1. The van der Waals surface area contributed by atoms with Crippen molar-refractivity contribution < 1.29 is 24.3 Å². The molecule has 2 aliphatic heterocycles. The van der Waals surface area contributed by atoms with E-state index in [2.05, 4.69) is 5.32 Å². The minimum atomic E-state index is -0.848. The highest BCUT2D eigenvalue weighted by Crippen LogP contribution is 2.18. The molecule has 0 aliphatic carbocycles. The molecule has 0 aromatic rings. The number of amides is 4. The number of carboxylic acid groups (broad SMARTS) is 1. The molecule has 19 heavy (non-hydrogen) atoms. The average molecular weight is 269 g/mol. The van der Waals surface area contributed by atoms with Gasteiger partial charge in [-0.05, 0) is 12.8 Å². The second kappa shape index (κ2) is 5.25. The molecule has 4 amide bonds. The maximum Gasteiger partial charge on any atom is 0.320 e. The van der Waals surface area contributed by atoms with Gasteiger partial charge >= 0.3 is 12.0 Å². The van der Waals surface area contributed by atoms with Gasteiger partial charge in [0.25, 0.3) is 0 Å². The van der Waals surface area contributed by atoms with E-state index in [-0.39, 0.29) is 19.1 Å². The third-order valence-electron chi connectivity index (χ3n) is 3.33. The van der Waals surface area contributed by atoms with Crippen LogP contribution in [0.15, 0.2) is 0 Å². The number of carbonyl (C=O) groups is 4. The minimum absolute atomic E-state index is 0.135. The molecule has 8 heteroatoms. The fourth-order valence-electron chi connectivity index (χ4n) is 2.29. The Morgan fingerprint density at radius 2 is 1.58 bits per heavy atom. The van der Waals surface area contributed by atoms with Crippen LogP contribution < -0.4 is 5.32 Å². The van der Waals surface area contributed by atoms with Crippen LogP contribution in [0.1, 0.15) is 12.8 Å². The van der Waals surface area contributed by atoms with Gasteiger partial charge in [-0.15, -0.1) is 0 Å². The Morgan fingerprint density at radius 3 is 2.05 bits per heavy atom. The van der Waals surface area contributed by atoms with Gasteiger partial charge in [-0.1, -0.05) is 0 Å². The summed E-state index contributed by atoms with van der Waals surface area (Å²) in [5.74, 6) is -2.26. The number of carbonyl (C=O) groups excluding carboxylic acids is 3. The summed E-state index contributed by atoms with van der Waals surface area (Å²) in [4.78, 5) is 48.0. The van der Waals surface area contributed by atoms with Crippen LogP contribution in [0.4, 0.5) is 4.79 Å². The zero-order valence-electron chi connectivity index (χ0n) is 10.3. The molecule has 2 N–H and O–H groups in total. The van der Waals surface area contributed by atoms with Crippen molar-refractivity contribution in [3.8, 4) is 0 Å². The van der Waals surface area contributed by atoms with Crippen LogP contribution in [0.5, 0.6) is 0 Å². The van der Waals surface area contributed by atoms with Crippen molar-refractivity contribution in [2.45, 2.75) is 12.8 Å².